The highest BCUT2D eigenvalue weighted by atomic mass is 32.2. The highest BCUT2D eigenvalue weighted by Gasteiger charge is 2.20. The van der Waals surface area contributed by atoms with Gasteiger partial charge in [-0.1, -0.05) is 0 Å². The molecular formula is C12H22N2O2S3. The molecule has 1 aromatic heterocycles. The molecule has 1 rings (SSSR count). The predicted octanol–water partition coefficient (Wildman–Crippen LogP) is 2.20. The first-order valence-corrected chi connectivity index (χ1v) is 9.85. The summed E-state index contributed by atoms with van der Waals surface area (Å²) in [5.41, 5.74) is 1.02. The first kappa shape index (κ1) is 17.0. The normalized spacial score (nSPS) is 13.7. The topological polar surface area (TPSA) is 58.2 Å². The Hall–Kier alpha value is -0.0800. The summed E-state index contributed by atoms with van der Waals surface area (Å²) < 4.78 is 27.6. The van der Waals surface area contributed by atoms with Gasteiger partial charge in [0.15, 0.2) is 0 Å². The lowest BCUT2D eigenvalue weighted by molar-refractivity contribution is 0.559. The molecule has 0 amide bonds. The summed E-state index contributed by atoms with van der Waals surface area (Å²) in [7, 11) is -1.52. The van der Waals surface area contributed by atoms with E-state index in [1.807, 2.05) is 27.2 Å². The fourth-order valence-electron chi connectivity index (χ4n) is 1.63. The Morgan fingerprint density at radius 2 is 2.16 bits per heavy atom. The minimum atomic E-state index is -3.38. The summed E-state index contributed by atoms with van der Waals surface area (Å²) in [5.74, 6) is 0.957. The molecule has 1 unspecified atom stereocenters. The van der Waals surface area contributed by atoms with Gasteiger partial charge in [-0.2, -0.15) is 11.8 Å². The minimum Gasteiger partial charge on any atom is -0.315 e. The van der Waals surface area contributed by atoms with Crippen LogP contribution in [0.25, 0.3) is 0 Å². The minimum absolute atomic E-state index is 0.0346. The molecular weight excluding hydrogens is 300 g/mol. The Labute approximate surface area is 124 Å². The zero-order valence-electron chi connectivity index (χ0n) is 11.8. The molecule has 4 nitrogen and oxygen atoms in total. The van der Waals surface area contributed by atoms with Gasteiger partial charge in [-0.25, -0.2) is 13.1 Å². The molecule has 0 aliphatic carbocycles. The van der Waals surface area contributed by atoms with E-state index >= 15 is 0 Å². The van der Waals surface area contributed by atoms with Crippen LogP contribution in [0.3, 0.4) is 0 Å². The molecule has 0 spiro atoms. The number of sulfonamides is 1. The maximum absolute atomic E-state index is 12.2. The third-order valence-electron chi connectivity index (χ3n) is 2.71. The fraction of sp³-hybridized carbons (Fsp3) is 0.667. The van der Waals surface area contributed by atoms with Crippen LogP contribution < -0.4 is 10.0 Å². The second-order valence-electron chi connectivity index (χ2n) is 4.51. The highest BCUT2D eigenvalue weighted by Crippen LogP contribution is 2.26. The van der Waals surface area contributed by atoms with E-state index in [1.54, 1.807) is 17.8 Å². The lowest BCUT2D eigenvalue weighted by Crippen LogP contribution is -2.32. The van der Waals surface area contributed by atoms with Crippen molar-refractivity contribution in [3.63, 3.8) is 0 Å². The summed E-state index contributed by atoms with van der Waals surface area (Å²) in [6.45, 7) is 4.55. The number of hydrogen-bond acceptors (Lipinski definition) is 5. The largest absolute Gasteiger partial charge is 0.315 e. The zero-order valence-corrected chi connectivity index (χ0v) is 14.3. The van der Waals surface area contributed by atoms with Crippen LogP contribution in [0.4, 0.5) is 0 Å². The van der Waals surface area contributed by atoms with Crippen molar-refractivity contribution in [1.29, 1.82) is 0 Å². The molecule has 1 heterocycles. The summed E-state index contributed by atoms with van der Waals surface area (Å²) >= 11 is 3.06. The van der Waals surface area contributed by atoms with Crippen molar-refractivity contribution >= 4 is 33.1 Å². The zero-order chi connectivity index (χ0) is 14.5. The first-order chi connectivity index (χ1) is 8.90. The van der Waals surface area contributed by atoms with Crippen molar-refractivity contribution < 1.29 is 8.42 Å². The van der Waals surface area contributed by atoms with Crippen LogP contribution in [0.1, 0.15) is 23.8 Å². The fourth-order valence-corrected chi connectivity index (χ4v) is 5.12. The highest BCUT2D eigenvalue weighted by molar-refractivity contribution is 7.98. The quantitative estimate of drug-likeness (QED) is 0.770. The Balaban J connectivity index is 2.79. The smallest absolute Gasteiger partial charge is 0.250 e. The van der Waals surface area contributed by atoms with Crippen LogP contribution >= 0.6 is 23.1 Å². The standard InChI is InChI=1S/C12H22N2O2S3/c1-9-7-12(18-11(9)8-13-3)19(15,16)14-10(2)5-6-17-4/h7,10,13-14H,5-6,8H2,1-4H3. The van der Waals surface area contributed by atoms with Crippen LogP contribution in [-0.2, 0) is 16.6 Å². The number of nitrogens with one attached hydrogen (secondary N) is 2. The van der Waals surface area contributed by atoms with Crippen molar-refractivity contribution in [3.05, 3.63) is 16.5 Å². The van der Waals surface area contributed by atoms with Crippen molar-refractivity contribution in [2.75, 3.05) is 19.1 Å². The third-order valence-corrected chi connectivity index (χ3v) is 6.66. The molecule has 0 bridgehead atoms. The van der Waals surface area contributed by atoms with Crippen LogP contribution in [0.2, 0.25) is 0 Å². The van der Waals surface area contributed by atoms with E-state index in [9.17, 15) is 8.42 Å². The van der Waals surface area contributed by atoms with Gasteiger partial charge in [0.25, 0.3) is 0 Å². The van der Waals surface area contributed by atoms with Crippen LogP contribution in [0.5, 0.6) is 0 Å². The van der Waals surface area contributed by atoms with Gasteiger partial charge >= 0.3 is 0 Å². The molecule has 0 radical (unpaired) electrons. The molecule has 0 fully saturated rings. The van der Waals surface area contributed by atoms with Gasteiger partial charge in [-0.15, -0.1) is 11.3 Å². The molecule has 0 aliphatic rings. The molecule has 0 aliphatic heterocycles. The molecule has 7 heteroatoms. The van der Waals surface area contributed by atoms with Crippen molar-refractivity contribution in [3.8, 4) is 0 Å². The van der Waals surface area contributed by atoms with Gasteiger partial charge in [0.2, 0.25) is 10.0 Å². The number of aryl methyl sites for hydroxylation is 1. The van der Waals surface area contributed by atoms with E-state index in [-0.39, 0.29) is 6.04 Å². The first-order valence-electron chi connectivity index (χ1n) is 6.16. The Kier molecular flexibility index (Phi) is 6.82. The second kappa shape index (κ2) is 7.64. The van der Waals surface area contributed by atoms with Crippen molar-refractivity contribution in [1.82, 2.24) is 10.0 Å². The Bertz CT molecular complexity index is 497. The molecule has 19 heavy (non-hydrogen) atoms. The van der Waals surface area contributed by atoms with Gasteiger partial charge in [0.05, 0.1) is 0 Å². The summed E-state index contributed by atoms with van der Waals surface area (Å²) in [6, 6.07) is 1.72. The SMILES string of the molecule is CNCc1sc(S(=O)(=O)NC(C)CCSC)cc1C. The Morgan fingerprint density at radius 1 is 1.47 bits per heavy atom. The average molecular weight is 323 g/mol. The molecule has 1 aromatic rings. The van der Waals surface area contributed by atoms with Crippen LogP contribution in [-0.4, -0.2) is 33.5 Å². The summed E-state index contributed by atoms with van der Waals surface area (Å²) in [4.78, 5) is 1.07. The van der Waals surface area contributed by atoms with Gasteiger partial charge in [0.1, 0.15) is 4.21 Å². The van der Waals surface area contributed by atoms with Crippen molar-refractivity contribution in [2.45, 2.75) is 37.1 Å². The van der Waals surface area contributed by atoms with E-state index in [4.69, 9.17) is 0 Å². The van der Waals surface area contributed by atoms with Crippen LogP contribution in [0.15, 0.2) is 10.3 Å². The molecule has 110 valence electrons. The van der Waals surface area contributed by atoms with E-state index in [0.29, 0.717) is 10.8 Å². The van der Waals surface area contributed by atoms with Gasteiger partial charge in [-0.3, -0.25) is 0 Å². The average Bonchev–Trinajstić information content (AvgIpc) is 2.69. The number of rotatable bonds is 8. The third kappa shape index (κ3) is 5.07. The van der Waals surface area contributed by atoms with E-state index in [0.717, 1.165) is 22.6 Å². The monoisotopic (exact) mass is 322 g/mol. The molecule has 0 aromatic carbocycles. The van der Waals surface area contributed by atoms with E-state index in [2.05, 4.69) is 10.0 Å². The molecule has 0 saturated carbocycles. The number of thioether (sulfide) groups is 1. The number of hydrogen-bond donors (Lipinski definition) is 2. The van der Waals surface area contributed by atoms with E-state index < -0.39 is 10.0 Å². The number of thiophene rings is 1. The molecule has 0 saturated heterocycles. The lowest BCUT2D eigenvalue weighted by Gasteiger charge is -2.12. The van der Waals surface area contributed by atoms with Crippen LogP contribution in [0, 0.1) is 6.92 Å². The van der Waals surface area contributed by atoms with Gasteiger partial charge < -0.3 is 5.32 Å². The predicted molar refractivity (Wildman–Crippen MR) is 84.6 cm³/mol. The lowest BCUT2D eigenvalue weighted by atomic mass is 10.3. The second-order valence-corrected chi connectivity index (χ2v) is 8.57. The summed E-state index contributed by atoms with van der Waals surface area (Å²) in [6.07, 6.45) is 2.86. The maximum atomic E-state index is 12.2. The summed E-state index contributed by atoms with van der Waals surface area (Å²) in [5, 5.41) is 3.05. The van der Waals surface area contributed by atoms with Gasteiger partial charge in [0, 0.05) is 17.5 Å². The maximum Gasteiger partial charge on any atom is 0.250 e. The Morgan fingerprint density at radius 3 is 2.74 bits per heavy atom. The molecule has 1 atom stereocenters. The van der Waals surface area contributed by atoms with Gasteiger partial charge in [-0.05, 0) is 51.0 Å². The molecule has 2 N–H and O–H groups in total. The van der Waals surface area contributed by atoms with E-state index in [1.165, 1.54) is 11.3 Å². The van der Waals surface area contributed by atoms with Crippen molar-refractivity contribution in [2.24, 2.45) is 0 Å².